The predicted octanol–water partition coefficient (Wildman–Crippen LogP) is 1.77. The van der Waals surface area contributed by atoms with Gasteiger partial charge in [0.25, 0.3) is 5.56 Å². The monoisotopic (exact) mass is 208 g/mol. The van der Waals surface area contributed by atoms with Crippen LogP contribution in [0.3, 0.4) is 0 Å². The highest BCUT2D eigenvalue weighted by atomic mass is 16.3. The summed E-state index contributed by atoms with van der Waals surface area (Å²) in [5.41, 5.74) is -0.268. The van der Waals surface area contributed by atoms with Crippen LogP contribution in [0.15, 0.2) is 10.9 Å². The van der Waals surface area contributed by atoms with E-state index < -0.39 is 0 Å². The molecule has 1 aliphatic rings. The first kappa shape index (κ1) is 10.2. The summed E-state index contributed by atoms with van der Waals surface area (Å²) in [5.74, 6) is 1.45. The van der Waals surface area contributed by atoms with Gasteiger partial charge in [-0.15, -0.1) is 0 Å². The minimum atomic E-state index is -0.268. The van der Waals surface area contributed by atoms with Crippen molar-refractivity contribution in [2.75, 3.05) is 0 Å². The molecule has 4 nitrogen and oxygen atoms in total. The van der Waals surface area contributed by atoms with Gasteiger partial charge in [-0.2, -0.15) is 0 Å². The van der Waals surface area contributed by atoms with Gasteiger partial charge in [0.05, 0.1) is 6.07 Å². The Balaban J connectivity index is 2.24. The summed E-state index contributed by atoms with van der Waals surface area (Å²) in [4.78, 5) is 17.9. The van der Waals surface area contributed by atoms with E-state index in [-0.39, 0.29) is 11.4 Å². The van der Waals surface area contributed by atoms with E-state index in [4.69, 9.17) is 0 Å². The van der Waals surface area contributed by atoms with Crippen LogP contribution in [0, 0.1) is 5.92 Å². The summed E-state index contributed by atoms with van der Waals surface area (Å²) in [6.07, 6.45) is 4.52. The Labute approximate surface area is 88.4 Å². The summed E-state index contributed by atoms with van der Waals surface area (Å²) in [7, 11) is 0. The van der Waals surface area contributed by atoms with Gasteiger partial charge in [-0.25, -0.2) is 4.98 Å². The second kappa shape index (κ2) is 4.04. The van der Waals surface area contributed by atoms with E-state index >= 15 is 0 Å². The summed E-state index contributed by atoms with van der Waals surface area (Å²) in [6, 6.07) is 1.11. The van der Waals surface area contributed by atoms with Gasteiger partial charge in [0.1, 0.15) is 5.82 Å². The third kappa shape index (κ3) is 2.37. The van der Waals surface area contributed by atoms with Gasteiger partial charge in [-0.1, -0.05) is 19.8 Å². The van der Waals surface area contributed by atoms with Gasteiger partial charge < -0.3 is 10.1 Å². The molecule has 0 radical (unpaired) electrons. The van der Waals surface area contributed by atoms with Crippen molar-refractivity contribution in [1.29, 1.82) is 0 Å². The van der Waals surface area contributed by atoms with Crippen molar-refractivity contribution >= 4 is 0 Å². The SMILES string of the molecule is CC1CCCC(c2nc(O)cc(=O)[nH]2)C1. The predicted molar refractivity (Wildman–Crippen MR) is 56.9 cm³/mol. The zero-order chi connectivity index (χ0) is 10.8. The molecule has 0 spiro atoms. The minimum Gasteiger partial charge on any atom is -0.493 e. The Morgan fingerprint density at radius 2 is 2.33 bits per heavy atom. The molecule has 1 aromatic heterocycles. The lowest BCUT2D eigenvalue weighted by Crippen LogP contribution is -2.18. The van der Waals surface area contributed by atoms with Crippen LogP contribution in [-0.4, -0.2) is 15.1 Å². The van der Waals surface area contributed by atoms with Crippen molar-refractivity contribution < 1.29 is 5.11 Å². The smallest absolute Gasteiger partial charge is 0.254 e. The van der Waals surface area contributed by atoms with Crippen LogP contribution in [0.25, 0.3) is 0 Å². The highest BCUT2D eigenvalue weighted by Gasteiger charge is 2.22. The lowest BCUT2D eigenvalue weighted by Gasteiger charge is -2.25. The second-order valence-corrected chi connectivity index (χ2v) is 4.46. The van der Waals surface area contributed by atoms with Gasteiger partial charge >= 0.3 is 0 Å². The van der Waals surface area contributed by atoms with Gasteiger partial charge in [0.15, 0.2) is 0 Å². The third-order valence-corrected chi connectivity index (χ3v) is 3.07. The molecule has 1 fully saturated rings. The highest BCUT2D eigenvalue weighted by molar-refractivity contribution is 5.09. The van der Waals surface area contributed by atoms with Crippen molar-refractivity contribution in [2.45, 2.75) is 38.5 Å². The van der Waals surface area contributed by atoms with Crippen LogP contribution in [0.1, 0.15) is 44.3 Å². The zero-order valence-electron chi connectivity index (χ0n) is 8.86. The number of nitrogens with zero attached hydrogens (tertiary/aromatic N) is 1. The topological polar surface area (TPSA) is 66.0 Å². The molecule has 1 heterocycles. The maximum Gasteiger partial charge on any atom is 0.254 e. The molecule has 2 N–H and O–H groups in total. The number of aromatic hydroxyl groups is 1. The van der Waals surface area contributed by atoms with Crippen molar-refractivity contribution in [3.63, 3.8) is 0 Å². The molecular formula is C11H16N2O2. The van der Waals surface area contributed by atoms with Crippen molar-refractivity contribution in [3.8, 4) is 5.88 Å². The molecule has 15 heavy (non-hydrogen) atoms. The molecule has 4 heteroatoms. The number of rotatable bonds is 1. The van der Waals surface area contributed by atoms with Crippen LogP contribution < -0.4 is 5.56 Å². The molecule has 1 aliphatic carbocycles. The van der Waals surface area contributed by atoms with Crippen LogP contribution in [-0.2, 0) is 0 Å². The fraction of sp³-hybridized carbons (Fsp3) is 0.636. The summed E-state index contributed by atoms with van der Waals surface area (Å²) in [5, 5.41) is 9.26. The largest absolute Gasteiger partial charge is 0.493 e. The Morgan fingerprint density at radius 1 is 1.53 bits per heavy atom. The van der Waals surface area contributed by atoms with E-state index in [1.54, 1.807) is 0 Å². The molecule has 2 rings (SSSR count). The summed E-state index contributed by atoms with van der Waals surface area (Å²) >= 11 is 0. The first-order chi connectivity index (χ1) is 7.15. The number of aromatic nitrogens is 2. The Hall–Kier alpha value is -1.32. The lowest BCUT2D eigenvalue weighted by atomic mass is 9.82. The van der Waals surface area contributed by atoms with E-state index in [1.807, 2.05) is 0 Å². The van der Waals surface area contributed by atoms with Gasteiger partial charge in [-0.05, 0) is 18.8 Å². The molecule has 2 unspecified atom stereocenters. The molecule has 82 valence electrons. The standard InChI is InChI=1S/C11H16N2O2/c1-7-3-2-4-8(5-7)11-12-9(14)6-10(15)13-11/h6-8H,2-5H2,1H3,(H2,12,13,14,15). The molecule has 0 aliphatic heterocycles. The van der Waals surface area contributed by atoms with Gasteiger partial charge in [0.2, 0.25) is 5.88 Å². The summed E-state index contributed by atoms with van der Waals surface area (Å²) in [6.45, 7) is 2.22. The van der Waals surface area contributed by atoms with E-state index in [9.17, 15) is 9.90 Å². The maximum atomic E-state index is 11.2. The Kier molecular flexibility index (Phi) is 2.75. The van der Waals surface area contributed by atoms with E-state index in [0.29, 0.717) is 17.7 Å². The average molecular weight is 208 g/mol. The first-order valence-electron chi connectivity index (χ1n) is 5.45. The second-order valence-electron chi connectivity index (χ2n) is 4.46. The molecule has 2 atom stereocenters. The van der Waals surface area contributed by atoms with Crippen LogP contribution in [0.2, 0.25) is 0 Å². The number of hydrogen-bond acceptors (Lipinski definition) is 3. The minimum absolute atomic E-state index is 0.174. The fourth-order valence-electron chi connectivity index (χ4n) is 2.34. The molecule has 0 amide bonds. The molecular weight excluding hydrogens is 192 g/mol. The normalized spacial score (nSPS) is 26.5. The zero-order valence-corrected chi connectivity index (χ0v) is 8.86. The fourth-order valence-corrected chi connectivity index (χ4v) is 2.34. The lowest BCUT2D eigenvalue weighted by molar-refractivity contribution is 0.331. The van der Waals surface area contributed by atoms with Gasteiger partial charge in [-0.3, -0.25) is 4.79 Å². The number of aromatic amines is 1. The average Bonchev–Trinajstić information content (AvgIpc) is 2.16. The van der Waals surface area contributed by atoms with Crippen molar-refractivity contribution in [1.82, 2.24) is 9.97 Å². The van der Waals surface area contributed by atoms with Crippen molar-refractivity contribution in [3.05, 3.63) is 22.2 Å². The Bertz CT molecular complexity index is 400. The number of nitrogens with one attached hydrogen (secondary N) is 1. The van der Waals surface area contributed by atoms with Crippen LogP contribution >= 0.6 is 0 Å². The van der Waals surface area contributed by atoms with E-state index in [0.717, 1.165) is 18.9 Å². The Morgan fingerprint density at radius 3 is 3.00 bits per heavy atom. The number of H-pyrrole nitrogens is 1. The highest BCUT2D eigenvalue weighted by Crippen LogP contribution is 2.34. The quantitative estimate of drug-likeness (QED) is 0.739. The first-order valence-corrected chi connectivity index (χ1v) is 5.45. The van der Waals surface area contributed by atoms with E-state index in [2.05, 4.69) is 16.9 Å². The maximum absolute atomic E-state index is 11.2. The van der Waals surface area contributed by atoms with Crippen LogP contribution in [0.4, 0.5) is 0 Å². The van der Waals surface area contributed by atoms with E-state index in [1.165, 1.54) is 12.8 Å². The third-order valence-electron chi connectivity index (χ3n) is 3.07. The molecule has 0 saturated heterocycles. The molecule has 0 bridgehead atoms. The molecule has 1 aromatic rings. The number of hydrogen-bond donors (Lipinski definition) is 2. The van der Waals surface area contributed by atoms with Crippen molar-refractivity contribution in [2.24, 2.45) is 5.92 Å². The van der Waals surface area contributed by atoms with Gasteiger partial charge in [0, 0.05) is 5.92 Å². The molecule has 0 aromatic carbocycles. The molecule has 1 saturated carbocycles. The van der Waals surface area contributed by atoms with Crippen LogP contribution in [0.5, 0.6) is 5.88 Å². The summed E-state index contributed by atoms with van der Waals surface area (Å²) < 4.78 is 0.